The average Bonchev–Trinajstić information content (AvgIpc) is 2.99. The van der Waals surface area contributed by atoms with Crippen LogP contribution < -0.4 is 11.1 Å². The number of imide groups is 1. The van der Waals surface area contributed by atoms with Crippen LogP contribution in [0.15, 0.2) is 60.7 Å². The maximum atomic E-state index is 13.6. The zero-order valence-electron chi connectivity index (χ0n) is 17.5. The quantitative estimate of drug-likeness (QED) is 0.669. The highest BCUT2D eigenvalue weighted by atomic mass is 16.2. The van der Waals surface area contributed by atoms with Crippen molar-refractivity contribution < 1.29 is 14.4 Å². The summed E-state index contributed by atoms with van der Waals surface area (Å²) in [6.07, 6.45) is 2.15. The van der Waals surface area contributed by atoms with Gasteiger partial charge in [-0.2, -0.15) is 0 Å². The molecule has 2 aliphatic heterocycles. The van der Waals surface area contributed by atoms with E-state index in [0.29, 0.717) is 38.8 Å². The van der Waals surface area contributed by atoms with Crippen LogP contribution in [0, 0.1) is 5.92 Å². The van der Waals surface area contributed by atoms with Crippen molar-refractivity contribution in [2.24, 2.45) is 11.7 Å². The lowest BCUT2D eigenvalue weighted by molar-refractivity contribution is -0.133. The number of benzene rings is 2. The van der Waals surface area contributed by atoms with E-state index in [4.69, 9.17) is 5.73 Å². The number of hydrogen-bond donors (Lipinski definition) is 2. The third-order valence-corrected chi connectivity index (χ3v) is 6.27. The van der Waals surface area contributed by atoms with Gasteiger partial charge in [-0.15, -0.1) is 0 Å². The summed E-state index contributed by atoms with van der Waals surface area (Å²) in [6.45, 7) is 1.49. The Kier molecular flexibility index (Phi) is 6.04. The van der Waals surface area contributed by atoms with E-state index in [1.54, 1.807) is 0 Å². The second-order valence-corrected chi connectivity index (χ2v) is 8.51. The normalized spacial score (nSPS) is 19.4. The minimum atomic E-state index is -1.02. The largest absolute Gasteiger partial charge is 0.369 e. The predicted molar refractivity (Wildman–Crippen MR) is 117 cm³/mol. The minimum absolute atomic E-state index is 0.130. The smallest absolute Gasteiger partial charge is 0.326 e. The number of amides is 4. The van der Waals surface area contributed by atoms with Crippen LogP contribution >= 0.6 is 0 Å². The lowest BCUT2D eigenvalue weighted by Crippen LogP contribution is -2.52. The van der Waals surface area contributed by atoms with Gasteiger partial charge in [-0.25, -0.2) is 9.69 Å². The average molecular weight is 421 g/mol. The third kappa shape index (κ3) is 4.61. The van der Waals surface area contributed by atoms with Crippen molar-refractivity contribution >= 4 is 17.8 Å². The van der Waals surface area contributed by atoms with E-state index in [1.807, 2.05) is 65.6 Å². The molecule has 0 spiro atoms. The molecule has 0 unspecified atom stereocenters. The first kappa shape index (κ1) is 21.1. The Labute approximate surface area is 182 Å². The maximum absolute atomic E-state index is 13.6. The minimum Gasteiger partial charge on any atom is -0.369 e. The molecule has 2 heterocycles. The molecule has 0 aliphatic carbocycles. The molecule has 7 heteroatoms. The van der Waals surface area contributed by atoms with Crippen LogP contribution in [0.1, 0.15) is 24.0 Å². The molecule has 4 amide bonds. The summed E-state index contributed by atoms with van der Waals surface area (Å²) in [4.78, 5) is 41.3. The van der Waals surface area contributed by atoms with Gasteiger partial charge in [0.1, 0.15) is 5.54 Å². The molecule has 0 radical (unpaired) electrons. The van der Waals surface area contributed by atoms with Crippen LogP contribution in [0.25, 0.3) is 0 Å². The Hall–Kier alpha value is -3.19. The van der Waals surface area contributed by atoms with Crippen LogP contribution in [0.5, 0.6) is 0 Å². The summed E-state index contributed by atoms with van der Waals surface area (Å²) < 4.78 is 0. The summed E-state index contributed by atoms with van der Waals surface area (Å²) in [7, 11) is 0. The van der Waals surface area contributed by atoms with Gasteiger partial charge in [-0.1, -0.05) is 60.7 Å². The van der Waals surface area contributed by atoms with E-state index >= 15 is 0 Å². The molecule has 2 aromatic rings. The molecule has 0 saturated carbocycles. The molecule has 7 nitrogen and oxygen atoms in total. The highest BCUT2D eigenvalue weighted by Crippen LogP contribution is 2.28. The molecule has 0 bridgehead atoms. The zero-order chi connectivity index (χ0) is 21.8. The van der Waals surface area contributed by atoms with Crippen molar-refractivity contribution in [2.75, 3.05) is 19.8 Å². The van der Waals surface area contributed by atoms with Gasteiger partial charge in [0.2, 0.25) is 5.91 Å². The van der Waals surface area contributed by atoms with Crippen molar-refractivity contribution in [2.45, 2.75) is 31.2 Å². The van der Waals surface area contributed by atoms with Gasteiger partial charge in [0.15, 0.2) is 0 Å². The first-order chi connectivity index (χ1) is 15.0. The van der Waals surface area contributed by atoms with Gasteiger partial charge in [-0.3, -0.25) is 14.5 Å². The first-order valence-corrected chi connectivity index (χ1v) is 10.7. The Morgan fingerprint density at radius 3 is 1.94 bits per heavy atom. The zero-order valence-corrected chi connectivity index (χ0v) is 17.5. The van der Waals surface area contributed by atoms with Crippen molar-refractivity contribution in [1.29, 1.82) is 0 Å². The number of rotatable bonds is 7. The molecule has 0 aromatic heterocycles. The number of urea groups is 1. The van der Waals surface area contributed by atoms with Crippen molar-refractivity contribution in [3.63, 3.8) is 0 Å². The molecule has 0 atom stereocenters. The van der Waals surface area contributed by atoms with Gasteiger partial charge in [0.05, 0.1) is 6.67 Å². The van der Waals surface area contributed by atoms with Gasteiger partial charge in [0, 0.05) is 31.8 Å². The molecule has 31 heavy (non-hydrogen) atoms. The summed E-state index contributed by atoms with van der Waals surface area (Å²) in [5, 5.41) is 3.02. The molecule has 3 N–H and O–H groups in total. The Bertz CT molecular complexity index is 898. The number of nitrogens with two attached hydrogens (primary N) is 1. The second kappa shape index (κ2) is 8.89. The number of nitrogens with zero attached hydrogens (tertiary/aromatic N) is 2. The number of nitrogens with one attached hydrogen (secondary N) is 1. The number of likely N-dealkylation sites (tertiary alicyclic amines) is 1. The van der Waals surface area contributed by atoms with Gasteiger partial charge >= 0.3 is 6.03 Å². The fourth-order valence-corrected chi connectivity index (χ4v) is 4.55. The molecule has 2 fully saturated rings. The number of carbonyl (C=O) groups is 3. The summed E-state index contributed by atoms with van der Waals surface area (Å²) in [5.41, 5.74) is 6.39. The Balaban J connectivity index is 1.54. The standard InChI is InChI=1S/C24H28N4O3/c25-21(29)20-11-13-27(14-12-20)17-28-22(30)24(26-23(28)31,15-18-7-3-1-4-8-18)16-19-9-5-2-6-10-19/h1-10,20H,11-17H2,(H2,25,29)(H,26,31). The van der Waals surface area contributed by atoms with Crippen molar-refractivity contribution in [3.8, 4) is 0 Å². The Morgan fingerprint density at radius 2 is 1.45 bits per heavy atom. The topological polar surface area (TPSA) is 95.7 Å². The summed E-state index contributed by atoms with van der Waals surface area (Å²) in [5.74, 6) is -0.615. The van der Waals surface area contributed by atoms with Crippen LogP contribution in [0.3, 0.4) is 0 Å². The summed E-state index contributed by atoms with van der Waals surface area (Å²) >= 11 is 0. The van der Waals surface area contributed by atoms with Crippen molar-refractivity contribution in [3.05, 3.63) is 71.8 Å². The third-order valence-electron chi connectivity index (χ3n) is 6.27. The molecular formula is C24H28N4O3. The molecule has 2 aromatic carbocycles. The van der Waals surface area contributed by atoms with Crippen LogP contribution in [-0.2, 0) is 22.4 Å². The van der Waals surface area contributed by atoms with Gasteiger partial charge < -0.3 is 11.1 Å². The van der Waals surface area contributed by atoms with Gasteiger partial charge in [-0.05, 0) is 24.0 Å². The number of piperidine rings is 1. The van der Waals surface area contributed by atoms with Crippen LogP contribution in [0.4, 0.5) is 4.79 Å². The number of carbonyl (C=O) groups excluding carboxylic acids is 3. The van der Waals surface area contributed by atoms with E-state index < -0.39 is 5.54 Å². The Morgan fingerprint density at radius 1 is 0.935 bits per heavy atom. The summed E-state index contributed by atoms with van der Waals surface area (Å²) in [6, 6.07) is 19.2. The highest BCUT2D eigenvalue weighted by molar-refractivity contribution is 6.07. The SMILES string of the molecule is NC(=O)C1CCN(CN2C(=O)NC(Cc3ccccc3)(Cc3ccccc3)C2=O)CC1. The number of primary amides is 1. The van der Waals surface area contributed by atoms with E-state index in [0.717, 1.165) is 11.1 Å². The second-order valence-electron chi connectivity index (χ2n) is 8.51. The predicted octanol–water partition coefficient (Wildman–Crippen LogP) is 1.92. The van der Waals surface area contributed by atoms with Gasteiger partial charge in [0.25, 0.3) is 5.91 Å². The first-order valence-electron chi connectivity index (χ1n) is 10.7. The molecule has 2 saturated heterocycles. The van der Waals surface area contributed by atoms with E-state index in [1.165, 1.54) is 4.90 Å². The van der Waals surface area contributed by atoms with E-state index in [9.17, 15) is 14.4 Å². The lowest BCUT2D eigenvalue weighted by Gasteiger charge is -2.33. The molecule has 162 valence electrons. The van der Waals surface area contributed by atoms with E-state index in [2.05, 4.69) is 5.32 Å². The van der Waals surface area contributed by atoms with Crippen molar-refractivity contribution in [1.82, 2.24) is 15.1 Å². The fourth-order valence-electron chi connectivity index (χ4n) is 4.55. The molecular weight excluding hydrogens is 392 g/mol. The maximum Gasteiger partial charge on any atom is 0.326 e. The van der Waals surface area contributed by atoms with E-state index in [-0.39, 0.29) is 30.4 Å². The molecule has 4 rings (SSSR count). The fraction of sp³-hybridized carbons (Fsp3) is 0.375. The van der Waals surface area contributed by atoms with Crippen LogP contribution in [-0.4, -0.2) is 52.9 Å². The molecule has 2 aliphatic rings. The highest BCUT2D eigenvalue weighted by Gasteiger charge is 2.51. The monoisotopic (exact) mass is 420 g/mol. The lowest BCUT2D eigenvalue weighted by atomic mass is 9.84. The van der Waals surface area contributed by atoms with Crippen LogP contribution in [0.2, 0.25) is 0 Å². The number of hydrogen-bond acceptors (Lipinski definition) is 4.